The van der Waals surface area contributed by atoms with Gasteiger partial charge in [-0.05, 0) is 40.2 Å². The number of esters is 1. The molecule has 0 aromatic rings. The first-order valence-electron chi connectivity index (χ1n) is 8.78. The van der Waals surface area contributed by atoms with Crippen LogP contribution in [0.1, 0.15) is 40.0 Å². The minimum absolute atomic E-state index is 0.127. The second-order valence-electron chi connectivity index (χ2n) is 7.15. The van der Waals surface area contributed by atoms with Crippen LogP contribution in [0.3, 0.4) is 0 Å². The van der Waals surface area contributed by atoms with Crippen molar-refractivity contribution >= 4 is 12.1 Å². The summed E-state index contributed by atoms with van der Waals surface area (Å²) in [4.78, 5) is 27.4. The first-order chi connectivity index (χ1) is 11.3. The van der Waals surface area contributed by atoms with Crippen molar-refractivity contribution in [2.45, 2.75) is 45.6 Å². The van der Waals surface area contributed by atoms with Crippen LogP contribution in [0.25, 0.3) is 0 Å². The van der Waals surface area contributed by atoms with Crippen LogP contribution in [0.5, 0.6) is 0 Å². The van der Waals surface area contributed by atoms with Gasteiger partial charge >= 0.3 is 12.1 Å². The molecule has 0 atom stereocenters. The number of nitrogens with one attached hydrogen (secondary N) is 1. The maximum atomic E-state index is 11.6. The summed E-state index contributed by atoms with van der Waals surface area (Å²) in [6.07, 6.45) is 2.06. The lowest BCUT2D eigenvalue weighted by atomic mass is 10.2. The highest BCUT2D eigenvalue weighted by Gasteiger charge is 2.18. The van der Waals surface area contributed by atoms with Crippen molar-refractivity contribution in [3.05, 3.63) is 0 Å². The van der Waals surface area contributed by atoms with E-state index in [1.165, 1.54) is 7.11 Å². The zero-order valence-electron chi connectivity index (χ0n) is 15.6. The molecule has 1 aliphatic heterocycles. The van der Waals surface area contributed by atoms with Crippen LogP contribution in [0.2, 0.25) is 0 Å². The Hall–Kier alpha value is -1.34. The fourth-order valence-corrected chi connectivity index (χ4v) is 2.57. The van der Waals surface area contributed by atoms with Gasteiger partial charge in [0.2, 0.25) is 0 Å². The van der Waals surface area contributed by atoms with Gasteiger partial charge in [0.05, 0.1) is 7.11 Å². The van der Waals surface area contributed by atoms with Crippen LogP contribution in [-0.2, 0) is 14.3 Å². The van der Waals surface area contributed by atoms with E-state index < -0.39 is 5.60 Å². The molecule has 0 saturated carbocycles. The van der Waals surface area contributed by atoms with Crippen molar-refractivity contribution in [2.75, 3.05) is 52.9 Å². The monoisotopic (exact) mass is 343 g/mol. The number of amides is 1. The number of rotatable bonds is 8. The molecule has 1 rings (SSSR count). The standard InChI is InChI=1S/C17H33N3O4/c1-17(2,3)24-16(22)18-8-10-20-13-11-19(12-14-20)9-6-5-7-15(21)23-4/h5-14H2,1-4H3,(H,18,22). The summed E-state index contributed by atoms with van der Waals surface area (Å²) in [6.45, 7) is 12.1. The first kappa shape index (κ1) is 20.7. The summed E-state index contributed by atoms with van der Waals surface area (Å²) >= 11 is 0. The smallest absolute Gasteiger partial charge is 0.407 e. The first-order valence-corrected chi connectivity index (χ1v) is 8.78. The van der Waals surface area contributed by atoms with Crippen molar-refractivity contribution in [3.8, 4) is 0 Å². The fourth-order valence-electron chi connectivity index (χ4n) is 2.57. The minimum atomic E-state index is -0.455. The third-order valence-electron chi connectivity index (χ3n) is 3.89. The summed E-state index contributed by atoms with van der Waals surface area (Å²) in [5.74, 6) is -0.127. The predicted molar refractivity (Wildman–Crippen MR) is 93.0 cm³/mol. The van der Waals surface area contributed by atoms with E-state index in [0.717, 1.165) is 52.1 Å². The Kier molecular flexibility index (Phi) is 9.07. The van der Waals surface area contributed by atoms with E-state index in [-0.39, 0.29) is 12.1 Å². The molecular weight excluding hydrogens is 310 g/mol. The third-order valence-corrected chi connectivity index (χ3v) is 3.89. The average molecular weight is 343 g/mol. The maximum absolute atomic E-state index is 11.6. The lowest BCUT2D eigenvalue weighted by Crippen LogP contribution is -2.48. The SMILES string of the molecule is COC(=O)CCCCN1CCN(CCNC(=O)OC(C)(C)C)CC1. The molecule has 7 heteroatoms. The third kappa shape index (κ3) is 9.72. The van der Waals surface area contributed by atoms with Gasteiger partial charge < -0.3 is 19.7 Å². The lowest BCUT2D eigenvalue weighted by Gasteiger charge is -2.34. The number of carbonyl (C=O) groups is 2. The molecule has 0 radical (unpaired) electrons. The second kappa shape index (κ2) is 10.5. The number of piperazine rings is 1. The highest BCUT2D eigenvalue weighted by atomic mass is 16.6. The molecule has 0 aromatic heterocycles. The predicted octanol–water partition coefficient (Wildman–Crippen LogP) is 1.47. The van der Waals surface area contributed by atoms with E-state index in [0.29, 0.717) is 13.0 Å². The molecule has 0 aromatic carbocycles. The molecule has 140 valence electrons. The largest absolute Gasteiger partial charge is 0.469 e. The van der Waals surface area contributed by atoms with Crippen molar-refractivity contribution in [2.24, 2.45) is 0 Å². The second-order valence-corrected chi connectivity index (χ2v) is 7.15. The van der Waals surface area contributed by atoms with Crippen LogP contribution in [0, 0.1) is 0 Å². The Morgan fingerprint density at radius 1 is 1.00 bits per heavy atom. The zero-order chi connectivity index (χ0) is 18.0. The van der Waals surface area contributed by atoms with Gasteiger partial charge in [-0.3, -0.25) is 9.69 Å². The molecule has 24 heavy (non-hydrogen) atoms. The summed E-state index contributed by atoms with van der Waals surface area (Å²) in [5, 5.41) is 2.80. The van der Waals surface area contributed by atoms with Crippen LogP contribution < -0.4 is 5.32 Å². The number of methoxy groups -OCH3 is 1. The summed E-state index contributed by atoms with van der Waals surface area (Å²) in [5.41, 5.74) is -0.455. The maximum Gasteiger partial charge on any atom is 0.407 e. The molecule has 0 spiro atoms. The molecule has 0 bridgehead atoms. The number of ether oxygens (including phenoxy) is 2. The van der Waals surface area contributed by atoms with Gasteiger partial charge in [-0.1, -0.05) is 0 Å². The Bertz CT molecular complexity index is 388. The van der Waals surface area contributed by atoms with Crippen LogP contribution in [-0.4, -0.2) is 80.4 Å². The molecule has 1 heterocycles. The van der Waals surface area contributed by atoms with Crippen molar-refractivity contribution in [1.29, 1.82) is 0 Å². The van der Waals surface area contributed by atoms with Crippen molar-refractivity contribution in [3.63, 3.8) is 0 Å². The molecule has 1 N–H and O–H groups in total. The number of alkyl carbamates (subject to hydrolysis) is 1. The Balaban J connectivity index is 2.05. The molecule has 1 fully saturated rings. The molecule has 7 nitrogen and oxygen atoms in total. The summed E-state index contributed by atoms with van der Waals surface area (Å²) in [7, 11) is 1.43. The van der Waals surface area contributed by atoms with Gasteiger partial charge in [0.15, 0.2) is 0 Å². The van der Waals surface area contributed by atoms with Crippen LogP contribution in [0.4, 0.5) is 4.79 Å². The van der Waals surface area contributed by atoms with Gasteiger partial charge in [0.1, 0.15) is 5.60 Å². The van der Waals surface area contributed by atoms with E-state index in [1.54, 1.807) is 0 Å². The van der Waals surface area contributed by atoms with Gasteiger partial charge in [-0.25, -0.2) is 4.79 Å². The summed E-state index contributed by atoms with van der Waals surface area (Å²) in [6, 6.07) is 0. The van der Waals surface area contributed by atoms with Gasteiger partial charge in [-0.15, -0.1) is 0 Å². The molecule has 1 amide bonds. The number of unbranched alkanes of at least 4 members (excludes halogenated alkanes) is 1. The molecule has 0 aliphatic carbocycles. The van der Waals surface area contributed by atoms with Gasteiger partial charge in [-0.2, -0.15) is 0 Å². The van der Waals surface area contributed by atoms with E-state index in [4.69, 9.17) is 4.74 Å². The zero-order valence-corrected chi connectivity index (χ0v) is 15.6. The van der Waals surface area contributed by atoms with Crippen LogP contribution in [0.15, 0.2) is 0 Å². The number of carbonyl (C=O) groups excluding carboxylic acids is 2. The number of hydrogen-bond donors (Lipinski definition) is 1. The molecular formula is C17H33N3O4. The van der Waals surface area contributed by atoms with Crippen molar-refractivity contribution < 1.29 is 19.1 Å². The van der Waals surface area contributed by atoms with E-state index >= 15 is 0 Å². The highest BCUT2D eigenvalue weighted by Crippen LogP contribution is 2.07. The van der Waals surface area contributed by atoms with Gasteiger partial charge in [0.25, 0.3) is 0 Å². The molecule has 1 aliphatic rings. The van der Waals surface area contributed by atoms with Gasteiger partial charge in [0, 0.05) is 45.7 Å². The highest BCUT2D eigenvalue weighted by molar-refractivity contribution is 5.69. The Morgan fingerprint density at radius 3 is 2.12 bits per heavy atom. The van der Waals surface area contributed by atoms with Crippen LogP contribution >= 0.6 is 0 Å². The quantitative estimate of drug-likeness (QED) is 0.532. The molecule has 0 unspecified atom stereocenters. The normalized spacial score (nSPS) is 16.7. The number of nitrogens with zero attached hydrogens (tertiary/aromatic N) is 2. The summed E-state index contributed by atoms with van der Waals surface area (Å²) < 4.78 is 9.85. The number of hydrogen-bond acceptors (Lipinski definition) is 6. The molecule has 1 saturated heterocycles. The van der Waals surface area contributed by atoms with E-state index in [9.17, 15) is 9.59 Å². The topological polar surface area (TPSA) is 71.1 Å². The van der Waals surface area contributed by atoms with E-state index in [2.05, 4.69) is 19.9 Å². The van der Waals surface area contributed by atoms with E-state index in [1.807, 2.05) is 20.8 Å². The van der Waals surface area contributed by atoms with Crippen molar-refractivity contribution in [1.82, 2.24) is 15.1 Å². The fraction of sp³-hybridized carbons (Fsp3) is 0.882. The Morgan fingerprint density at radius 2 is 1.58 bits per heavy atom. The minimum Gasteiger partial charge on any atom is -0.469 e. The lowest BCUT2D eigenvalue weighted by molar-refractivity contribution is -0.140. The Labute approximate surface area is 145 Å². The average Bonchev–Trinajstić information content (AvgIpc) is 2.51.